The molecule has 7 nitrogen and oxygen atoms in total. The molecule has 24 heavy (non-hydrogen) atoms. The lowest BCUT2D eigenvalue weighted by atomic mass is 10.1. The third-order valence-electron chi connectivity index (χ3n) is 3.87. The van der Waals surface area contributed by atoms with E-state index in [9.17, 15) is 18.0 Å². The van der Waals surface area contributed by atoms with E-state index >= 15 is 0 Å². The summed E-state index contributed by atoms with van der Waals surface area (Å²) >= 11 is 0. The third kappa shape index (κ3) is 3.69. The number of carbonyl (C=O) groups is 2. The Morgan fingerprint density at radius 3 is 2.62 bits per heavy atom. The van der Waals surface area contributed by atoms with E-state index in [4.69, 9.17) is 9.84 Å². The maximum absolute atomic E-state index is 12.5. The van der Waals surface area contributed by atoms with Crippen molar-refractivity contribution in [3.05, 3.63) is 18.2 Å². The fourth-order valence-electron chi connectivity index (χ4n) is 2.50. The van der Waals surface area contributed by atoms with E-state index in [0.717, 1.165) is 12.8 Å². The first-order valence-corrected chi connectivity index (χ1v) is 9.52. The summed E-state index contributed by atoms with van der Waals surface area (Å²) < 4.78 is 29.7. The maximum atomic E-state index is 12.5. The Morgan fingerprint density at radius 1 is 1.33 bits per heavy atom. The van der Waals surface area contributed by atoms with Crippen molar-refractivity contribution in [1.82, 2.24) is 0 Å². The number of carboxylic acids is 1. The normalized spacial score (nSPS) is 17.3. The van der Waals surface area contributed by atoms with Crippen molar-refractivity contribution in [2.24, 2.45) is 0 Å². The number of anilines is 1. The number of fused-ring (bicyclic) bond motifs is 1. The van der Waals surface area contributed by atoms with Crippen molar-refractivity contribution in [2.45, 2.75) is 44.1 Å². The van der Waals surface area contributed by atoms with Gasteiger partial charge < -0.3 is 14.7 Å². The second-order valence-corrected chi connectivity index (χ2v) is 7.86. The SMILES string of the molecule is CCCCN1C(=O)C(CC(=O)O)Oc2ccc(S(=O)(=O)CC)cc21. The molecule has 0 bridgehead atoms. The molecule has 2 rings (SSSR count). The second kappa shape index (κ2) is 7.21. The van der Waals surface area contributed by atoms with E-state index in [2.05, 4.69) is 0 Å². The molecule has 1 N–H and O–H groups in total. The molecule has 0 spiro atoms. The van der Waals surface area contributed by atoms with Crippen LogP contribution in [0.25, 0.3) is 0 Å². The highest BCUT2D eigenvalue weighted by Crippen LogP contribution is 2.37. The number of ether oxygens (including phenoxy) is 1. The number of rotatable bonds is 7. The summed E-state index contributed by atoms with van der Waals surface area (Å²) in [6.45, 7) is 3.91. The lowest BCUT2D eigenvalue weighted by Gasteiger charge is -2.34. The van der Waals surface area contributed by atoms with Crippen LogP contribution in [0.1, 0.15) is 33.1 Å². The number of amides is 1. The van der Waals surface area contributed by atoms with Crippen molar-refractivity contribution in [1.29, 1.82) is 0 Å². The van der Waals surface area contributed by atoms with Gasteiger partial charge in [0, 0.05) is 6.54 Å². The molecule has 0 saturated heterocycles. The molecular formula is C16H21NO6S. The first-order valence-electron chi connectivity index (χ1n) is 7.86. The van der Waals surface area contributed by atoms with Crippen LogP contribution >= 0.6 is 0 Å². The van der Waals surface area contributed by atoms with Crippen molar-refractivity contribution in [3.63, 3.8) is 0 Å². The molecule has 132 valence electrons. The molecule has 8 heteroatoms. The highest BCUT2D eigenvalue weighted by atomic mass is 32.2. The molecule has 0 aliphatic carbocycles. The monoisotopic (exact) mass is 355 g/mol. The smallest absolute Gasteiger partial charge is 0.307 e. The molecule has 1 aromatic carbocycles. The highest BCUT2D eigenvalue weighted by molar-refractivity contribution is 7.91. The highest BCUT2D eigenvalue weighted by Gasteiger charge is 2.36. The van der Waals surface area contributed by atoms with Gasteiger partial charge in [-0.3, -0.25) is 9.59 Å². The summed E-state index contributed by atoms with van der Waals surface area (Å²) in [7, 11) is -3.41. The largest absolute Gasteiger partial charge is 0.481 e. The van der Waals surface area contributed by atoms with Crippen LogP contribution in [0, 0.1) is 0 Å². The predicted octanol–water partition coefficient (Wildman–Crippen LogP) is 1.85. The van der Waals surface area contributed by atoms with E-state index in [1.807, 2.05) is 6.92 Å². The number of hydrogen-bond donors (Lipinski definition) is 1. The summed E-state index contributed by atoms with van der Waals surface area (Å²) in [5.74, 6) is -1.30. The molecule has 0 saturated carbocycles. The lowest BCUT2D eigenvalue weighted by molar-refractivity contribution is -0.142. The molecule has 1 atom stereocenters. The van der Waals surface area contributed by atoms with Gasteiger partial charge in [0.1, 0.15) is 5.75 Å². The lowest BCUT2D eigenvalue weighted by Crippen LogP contribution is -2.47. The summed E-state index contributed by atoms with van der Waals surface area (Å²) in [6, 6.07) is 4.33. The van der Waals surface area contributed by atoms with Crippen molar-refractivity contribution in [3.8, 4) is 5.75 Å². The number of sulfone groups is 1. The molecule has 0 aromatic heterocycles. The Balaban J connectivity index is 2.47. The van der Waals surface area contributed by atoms with Gasteiger partial charge in [-0.2, -0.15) is 0 Å². The number of unbranched alkanes of at least 4 members (excludes halogenated alkanes) is 1. The zero-order valence-electron chi connectivity index (χ0n) is 13.7. The quantitative estimate of drug-likeness (QED) is 0.801. The Kier molecular flexibility index (Phi) is 5.48. The number of benzene rings is 1. The summed E-state index contributed by atoms with van der Waals surface area (Å²) in [6.07, 6.45) is 0.0304. The van der Waals surface area contributed by atoms with E-state index in [-0.39, 0.29) is 10.6 Å². The van der Waals surface area contributed by atoms with Crippen LogP contribution in [-0.2, 0) is 19.4 Å². The summed E-state index contributed by atoms with van der Waals surface area (Å²) in [5, 5.41) is 8.95. The van der Waals surface area contributed by atoms with Gasteiger partial charge in [-0.25, -0.2) is 8.42 Å². The molecular weight excluding hydrogens is 334 g/mol. The minimum absolute atomic E-state index is 0.0445. The molecule has 1 aliphatic heterocycles. The molecule has 0 fully saturated rings. The molecule has 1 aliphatic rings. The average Bonchev–Trinajstić information content (AvgIpc) is 2.54. The van der Waals surface area contributed by atoms with Crippen LogP contribution < -0.4 is 9.64 Å². The first kappa shape index (κ1) is 18.3. The van der Waals surface area contributed by atoms with E-state index < -0.39 is 34.2 Å². The van der Waals surface area contributed by atoms with Gasteiger partial charge in [-0.1, -0.05) is 20.3 Å². The van der Waals surface area contributed by atoms with Crippen molar-refractivity contribution in [2.75, 3.05) is 17.2 Å². The maximum Gasteiger partial charge on any atom is 0.307 e. The van der Waals surface area contributed by atoms with Gasteiger partial charge >= 0.3 is 5.97 Å². The van der Waals surface area contributed by atoms with Crippen molar-refractivity contribution >= 4 is 27.4 Å². The van der Waals surface area contributed by atoms with Crippen LogP contribution in [0.15, 0.2) is 23.1 Å². The Hall–Kier alpha value is -2.09. The van der Waals surface area contributed by atoms with Gasteiger partial charge in [-0.05, 0) is 24.6 Å². The van der Waals surface area contributed by atoms with Crippen LogP contribution in [0.5, 0.6) is 5.75 Å². The average molecular weight is 355 g/mol. The molecule has 1 amide bonds. The second-order valence-electron chi connectivity index (χ2n) is 5.58. The Labute approximate surface area is 141 Å². The predicted molar refractivity (Wildman–Crippen MR) is 88.1 cm³/mol. The van der Waals surface area contributed by atoms with E-state index in [0.29, 0.717) is 18.0 Å². The number of hydrogen-bond acceptors (Lipinski definition) is 5. The molecule has 0 radical (unpaired) electrons. The molecule has 1 aromatic rings. The van der Waals surface area contributed by atoms with E-state index in [1.54, 1.807) is 6.92 Å². The minimum atomic E-state index is -3.41. The van der Waals surface area contributed by atoms with Gasteiger partial charge in [0.05, 0.1) is 22.8 Å². The zero-order valence-corrected chi connectivity index (χ0v) is 14.5. The number of nitrogens with zero attached hydrogens (tertiary/aromatic N) is 1. The van der Waals surface area contributed by atoms with Gasteiger partial charge in [0.2, 0.25) is 0 Å². The van der Waals surface area contributed by atoms with Crippen LogP contribution in [0.3, 0.4) is 0 Å². The first-order chi connectivity index (χ1) is 11.3. The number of carboxylic acid groups (broad SMARTS) is 1. The topological polar surface area (TPSA) is 101 Å². The summed E-state index contributed by atoms with van der Waals surface area (Å²) in [4.78, 5) is 25.0. The van der Waals surface area contributed by atoms with E-state index in [1.165, 1.54) is 23.1 Å². The minimum Gasteiger partial charge on any atom is -0.481 e. The molecule has 1 heterocycles. The Morgan fingerprint density at radius 2 is 2.04 bits per heavy atom. The van der Waals surface area contributed by atoms with Crippen LogP contribution in [0.4, 0.5) is 5.69 Å². The van der Waals surface area contributed by atoms with Gasteiger partial charge in [0.25, 0.3) is 5.91 Å². The van der Waals surface area contributed by atoms with Gasteiger partial charge in [-0.15, -0.1) is 0 Å². The van der Waals surface area contributed by atoms with Crippen LogP contribution in [0.2, 0.25) is 0 Å². The van der Waals surface area contributed by atoms with Crippen molar-refractivity contribution < 1.29 is 27.9 Å². The van der Waals surface area contributed by atoms with Gasteiger partial charge in [0.15, 0.2) is 15.9 Å². The Bertz CT molecular complexity index is 743. The molecule has 1 unspecified atom stereocenters. The fraction of sp³-hybridized carbons (Fsp3) is 0.500. The fourth-order valence-corrected chi connectivity index (χ4v) is 3.40. The van der Waals surface area contributed by atoms with Crippen LogP contribution in [-0.4, -0.2) is 43.8 Å². The third-order valence-corrected chi connectivity index (χ3v) is 5.60. The summed E-state index contributed by atoms with van der Waals surface area (Å²) in [5.41, 5.74) is 0.379. The number of aliphatic carboxylic acids is 1. The standard InChI is InChI=1S/C16H21NO6S/c1-3-5-8-17-12-9-11(24(21,22)4-2)6-7-13(12)23-14(16(17)20)10-15(18)19/h6-7,9,14H,3-5,8,10H2,1-2H3,(H,18,19). The number of carbonyl (C=O) groups excluding carboxylic acids is 1. The zero-order chi connectivity index (χ0) is 17.9.